The fourth-order valence-corrected chi connectivity index (χ4v) is 2.56. The predicted molar refractivity (Wildman–Crippen MR) is 73.5 cm³/mol. The van der Waals surface area contributed by atoms with E-state index in [1.807, 2.05) is 0 Å². The second-order valence-electron chi connectivity index (χ2n) is 5.49. The van der Waals surface area contributed by atoms with Crippen molar-refractivity contribution in [3.63, 3.8) is 0 Å². The number of nitrogens with zero attached hydrogens (tertiary/aromatic N) is 4. The Bertz CT molecular complexity index is 873. The zero-order valence-corrected chi connectivity index (χ0v) is 11.6. The summed E-state index contributed by atoms with van der Waals surface area (Å²) in [6.07, 6.45) is -2.91. The number of benzene rings is 1. The Balaban J connectivity index is 1.70. The SMILES string of the molecule is FC(F)c1nnc2ccc(-c3ccc(C4CC4(F)F)cc3)nn12. The van der Waals surface area contributed by atoms with Gasteiger partial charge >= 0.3 is 0 Å². The Morgan fingerprint density at radius 1 is 1.04 bits per heavy atom. The van der Waals surface area contributed by atoms with Crippen LogP contribution >= 0.6 is 0 Å². The Kier molecular flexibility index (Phi) is 2.91. The zero-order valence-electron chi connectivity index (χ0n) is 11.6. The average molecular weight is 322 g/mol. The second-order valence-corrected chi connectivity index (χ2v) is 5.49. The standard InChI is InChI=1S/C15H10F4N4/c16-13(17)14-21-20-12-6-5-11(22-23(12)14)9-3-1-8(2-4-9)10-7-15(10,18)19/h1-6,10,13H,7H2. The van der Waals surface area contributed by atoms with Gasteiger partial charge in [0.25, 0.3) is 12.3 Å². The molecule has 1 fully saturated rings. The highest BCUT2D eigenvalue weighted by Crippen LogP contribution is 2.55. The molecular formula is C15H10F4N4. The molecule has 0 radical (unpaired) electrons. The highest BCUT2D eigenvalue weighted by Gasteiger charge is 2.57. The summed E-state index contributed by atoms with van der Waals surface area (Å²) in [6.45, 7) is 0. The molecule has 1 saturated carbocycles. The molecule has 1 atom stereocenters. The van der Waals surface area contributed by atoms with Crippen molar-refractivity contribution in [1.82, 2.24) is 19.8 Å². The van der Waals surface area contributed by atoms with Gasteiger partial charge in [-0.25, -0.2) is 17.6 Å². The predicted octanol–water partition coefficient (Wildman–Crippen LogP) is 3.85. The van der Waals surface area contributed by atoms with Gasteiger partial charge in [0.2, 0.25) is 5.82 Å². The van der Waals surface area contributed by atoms with Gasteiger partial charge in [0.1, 0.15) is 0 Å². The van der Waals surface area contributed by atoms with E-state index >= 15 is 0 Å². The summed E-state index contributed by atoms with van der Waals surface area (Å²) in [5.74, 6) is -3.88. The Hall–Kier alpha value is -2.51. The molecule has 0 saturated heterocycles. The van der Waals surface area contributed by atoms with E-state index in [0.717, 1.165) is 4.52 Å². The van der Waals surface area contributed by atoms with Crippen LogP contribution in [0.15, 0.2) is 36.4 Å². The molecule has 2 aromatic heterocycles. The molecule has 0 N–H and O–H groups in total. The van der Waals surface area contributed by atoms with Gasteiger partial charge in [-0.1, -0.05) is 24.3 Å². The maximum Gasteiger partial charge on any atom is 0.299 e. The Labute approximate surface area is 127 Å². The fraction of sp³-hybridized carbons (Fsp3) is 0.267. The van der Waals surface area contributed by atoms with Gasteiger partial charge in [-0.05, 0) is 17.7 Å². The van der Waals surface area contributed by atoms with E-state index in [-0.39, 0.29) is 12.1 Å². The van der Waals surface area contributed by atoms with E-state index < -0.39 is 24.1 Å². The summed E-state index contributed by atoms with van der Waals surface area (Å²) < 4.78 is 52.8. The molecule has 23 heavy (non-hydrogen) atoms. The lowest BCUT2D eigenvalue weighted by atomic mass is 10.1. The van der Waals surface area contributed by atoms with Crippen molar-refractivity contribution in [1.29, 1.82) is 0 Å². The lowest BCUT2D eigenvalue weighted by Crippen LogP contribution is -2.00. The summed E-state index contributed by atoms with van der Waals surface area (Å²) in [4.78, 5) is 0. The van der Waals surface area contributed by atoms with Gasteiger partial charge in [-0.15, -0.1) is 10.2 Å². The Morgan fingerprint density at radius 2 is 1.74 bits per heavy atom. The summed E-state index contributed by atoms with van der Waals surface area (Å²) in [6, 6.07) is 9.71. The van der Waals surface area contributed by atoms with E-state index in [0.29, 0.717) is 16.8 Å². The van der Waals surface area contributed by atoms with E-state index in [9.17, 15) is 17.6 Å². The number of halogens is 4. The molecule has 0 bridgehead atoms. The number of rotatable bonds is 3. The van der Waals surface area contributed by atoms with E-state index in [1.165, 1.54) is 6.07 Å². The van der Waals surface area contributed by atoms with E-state index in [4.69, 9.17) is 0 Å². The first-order chi connectivity index (χ1) is 11.0. The largest absolute Gasteiger partial charge is 0.299 e. The molecular weight excluding hydrogens is 312 g/mol. The van der Waals surface area contributed by atoms with Gasteiger partial charge < -0.3 is 0 Å². The van der Waals surface area contributed by atoms with Gasteiger partial charge in [-0.2, -0.15) is 9.61 Å². The lowest BCUT2D eigenvalue weighted by Gasteiger charge is -2.05. The highest BCUT2D eigenvalue weighted by atomic mass is 19.3. The molecule has 1 aliphatic rings. The first-order valence-corrected chi connectivity index (χ1v) is 6.94. The van der Waals surface area contributed by atoms with Crippen LogP contribution in [-0.4, -0.2) is 25.7 Å². The monoisotopic (exact) mass is 322 g/mol. The van der Waals surface area contributed by atoms with Crippen LogP contribution in [-0.2, 0) is 0 Å². The molecule has 1 aliphatic carbocycles. The molecule has 8 heteroatoms. The minimum absolute atomic E-state index is 0.130. The summed E-state index contributed by atoms with van der Waals surface area (Å²) in [5.41, 5.74) is 1.87. The minimum Gasteiger partial charge on any atom is -0.206 e. The van der Waals surface area contributed by atoms with Crippen LogP contribution in [0.3, 0.4) is 0 Å². The van der Waals surface area contributed by atoms with Crippen molar-refractivity contribution in [3.8, 4) is 11.3 Å². The number of fused-ring (bicyclic) bond motifs is 1. The smallest absolute Gasteiger partial charge is 0.206 e. The molecule has 0 spiro atoms. The summed E-state index contributed by atoms with van der Waals surface area (Å²) in [5, 5.41) is 11.1. The van der Waals surface area contributed by atoms with Crippen molar-refractivity contribution in [2.45, 2.75) is 24.7 Å². The van der Waals surface area contributed by atoms with Crippen LogP contribution in [0.2, 0.25) is 0 Å². The lowest BCUT2D eigenvalue weighted by molar-refractivity contribution is 0.112. The molecule has 1 unspecified atom stereocenters. The first kappa shape index (κ1) is 14.1. The average Bonchev–Trinajstić information content (AvgIpc) is 2.97. The molecule has 4 rings (SSSR count). The molecule has 2 heterocycles. The van der Waals surface area contributed by atoms with Gasteiger partial charge in [0, 0.05) is 12.0 Å². The molecule has 118 valence electrons. The topological polar surface area (TPSA) is 43.1 Å². The maximum atomic E-state index is 13.1. The molecule has 4 nitrogen and oxygen atoms in total. The molecule has 1 aromatic carbocycles. The van der Waals surface area contributed by atoms with Crippen molar-refractivity contribution in [2.75, 3.05) is 0 Å². The van der Waals surface area contributed by atoms with Crippen molar-refractivity contribution < 1.29 is 17.6 Å². The molecule has 0 amide bonds. The third kappa shape index (κ3) is 2.34. The highest BCUT2D eigenvalue weighted by molar-refractivity contribution is 5.61. The summed E-state index contributed by atoms with van der Waals surface area (Å²) >= 11 is 0. The minimum atomic E-state index is -2.78. The van der Waals surface area contributed by atoms with Crippen LogP contribution in [0.5, 0.6) is 0 Å². The molecule has 0 aliphatic heterocycles. The fourth-order valence-electron chi connectivity index (χ4n) is 2.56. The number of hydrogen-bond acceptors (Lipinski definition) is 3. The van der Waals surface area contributed by atoms with Crippen LogP contribution in [0.1, 0.15) is 30.2 Å². The third-order valence-electron chi connectivity index (χ3n) is 3.92. The Morgan fingerprint density at radius 3 is 2.35 bits per heavy atom. The molecule has 3 aromatic rings. The van der Waals surface area contributed by atoms with Gasteiger partial charge in [0.15, 0.2) is 5.65 Å². The maximum absolute atomic E-state index is 13.1. The van der Waals surface area contributed by atoms with Crippen molar-refractivity contribution in [2.24, 2.45) is 0 Å². The second kappa shape index (κ2) is 4.74. The number of aromatic nitrogens is 4. The van der Waals surface area contributed by atoms with Gasteiger partial charge in [-0.3, -0.25) is 0 Å². The van der Waals surface area contributed by atoms with Crippen molar-refractivity contribution >= 4 is 5.65 Å². The number of alkyl halides is 4. The van der Waals surface area contributed by atoms with Crippen LogP contribution < -0.4 is 0 Å². The van der Waals surface area contributed by atoms with Crippen LogP contribution in [0.4, 0.5) is 17.6 Å². The van der Waals surface area contributed by atoms with Crippen LogP contribution in [0.25, 0.3) is 16.9 Å². The first-order valence-electron chi connectivity index (χ1n) is 6.94. The zero-order chi connectivity index (χ0) is 16.2. The normalized spacial score (nSPS) is 19.4. The van der Waals surface area contributed by atoms with E-state index in [1.54, 1.807) is 30.3 Å². The van der Waals surface area contributed by atoms with E-state index in [2.05, 4.69) is 15.3 Å². The van der Waals surface area contributed by atoms with Gasteiger partial charge in [0.05, 0.1) is 11.6 Å². The third-order valence-corrected chi connectivity index (χ3v) is 3.92. The van der Waals surface area contributed by atoms with Crippen LogP contribution in [0, 0.1) is 0 Å². The van der Waals surface area contributed by atoms with Crippen molar-refractivity contribution in [3.05, 3.63) is 47.8 Å². The quantitative estimate of drug-likeness (QED) is 0.688. The summed E-state index contributed by atoms with van der Waals surface area (Å²) in [7, 11) is 0. The number of hydrogen-bond donors (Lipinski definition) is 0.